The van der Waals surface area contributed by atoms with Crippen LogP contribution in [0, 0.1) is 5.92 Å². The molecule has 154 valence electrons. The summed E-state index contributed by atoms with van der Waals surface area (Å²) in [6.45, 7) is 0.951. The molecule has 3 atom stereocenters. The maximum Gasteiger partial charge on any atom is 0.239 e. The highest BCUT2D eigenvalue weighted by Crippen LogP contribution is 2.32. The maximum absolute atomic E-state index is 11.9. The first-order valence-electron chi connectivity index (χ1n) is 10.5. The lowest BCUT2D eigenvalue weighted by atomic mass is 9.96. The van der Waals surface area contributed by atoms with Crippen LogP contribution in [0.5, 0.6) is 0 Å². The predicted molar refractivity (Wildman–Crippen MR) is 123 cm³/mol. The molecule has 0 aromatic rings. The van der Waals surface area contributed by atoms with Gasteiger partial charge in [-0.05, 0) is 55.9 Å². The molecule has 3 rings (SSSR count). The normalized spacial score (nSPS) is 33.1. The molecule has 1 saturated carbocycles. The molecule has 0 radical (unpaired) electrons. The average Bonchev–Trinajstić information content (AvgIpc) is 2.89. The van der Waals surface area contributed by atoms with Crippen molar-refractivity contribution in [3.63, 3.8) is 0 Å². The van der Waals surface area contributed by atoms with Gasteiger partial charge in [-0.2, -0.15) is 0 Å². The van der Waals surface area contributed by atoms with E-state index in [1.54, 1.807) is 0 Å². The van der Waals surface area contributed by atoms with Crippen molar-refractivity contribution in [3.8, 4) is 0 Å². The number of primary amides is 1. The first kappa shape index (κ1) is 21.6. The van der Waals surface area contributed by atoms with E-state index in [9.17, 15) is 4.79 Å². The molecule has 0 aromatic carbocycles. The number of nitrogens with one attached hydrogen (secondary N) is 2. The molecule has 3 aliphatic rings. The minimum Gasteiger partial charge on any atom is -0.374 e. The Bertz CT molecular complexity index is 642. The van der Waals surface area contributed by atoms with Crippen LogP contribution in [0.3, 0.4) is 0 Å². The molecule has 0 saturated heterocycles. The molecule has 0 aromatic heterocycles. The van der Waals surface area contributed by atoms with E-state index in [0.29, 0.717) is 6.04 Å². The topological polar surface area (TPSA) is 67.2 Å². The number of fused-ring (bicyclic) bond motifs is 3. The lowest BCUT2D eigenvalue weighted by molar-refractivity contribution is -0.120. The van der Waals surface area contributed by atoms with Crippen molar-refractivity contribution in [1.29, 1.82) is 0 Å². The minimum absolute atomic E-state index is 0.281. The Labute approximate surface area is 177 Å². The van der Waals surface area contributed by atoms with E-state index < -0.39 is 0 Å². The predicted octanol–water partition coefficient (Wildman–Crippen LogP) is 4.08. The van der Waals surface area contributed by atoms with Crippen LogP contribution in [0.4, 0.5) is 0 Å². The molecular weight excluding hydrogens is 386 g/mol. The Hall–Kier alpha value is -1.11. The fraction of sp³-hybridized carbons (Fsp3) is 0.591. The molecule has 1 aliphatic heterocycles. The Morgan fingerprint density at radius 2 is 1.86 bits per heavy atom. The zero-order valence-electron chi connectivity index (χ0n) is 16.6. The molecule has 0 spiro atoms. The van der Waals surface area contributed by atoms with Gasteiger partial charge in [-0.15, -0.1) is 0 Å². The van der Waals surface area contributed by atoms with Crippen molar-refractivity contribution >= 4 is 27.5 Å². The lowest BCUT2D eigenvalue weighted by Crippen LogP contribution is -2.42. The number of hydrogen-bond acceptors (Lipinski definition) is 5. The van der Waals surface area contributed by atoms with E-state index in [-0.39, 0.29) is 11.9 Å². The third-order valence-corrected chi connectivity index (χ3v) is 8.13. The second-order valence-electron chi connectivity index (χ2n) is 7.83. The van der Waals surface area contributed by atoms with Crippen molar-refractivity contribution in [1.82, 2.24) is 10.6 Å². The van der Waals surface area contributed by atoms with Gasteiger partial charge in [-0.1, -0.05) is 65.2 Å². The molecule has 3 unspecified atom stereocenters. The molecule has 1 heterocycles. The highest BCUT2D eigenvalue weighted by atomic mass is 33.1. The molecular formula is C22H33N3OS2. The van der Waals surface area contributed by atoms with Crippen LogP contribution in [0.1, 0.15) is 44.9 Å². The van der Waals surface area contributed by atoms with Gasteiger partial charge in [0.05, 0.1) is 0 Å². The molecule has 2 bridgehead atoms. The summed E-state index contributed by atoms with van der Waals surface area (Å²) in [6.07, 6.45) is 20.8. The summed E-state index contributed by atoms with van der Waals surface area (Å²) >= 11 is 0. The first-order chi connectivity index (χ1) is 13.7. The fourth-order valence-electron chi connectivity index (χ4n) is 4.02. The molecule has 1 amide bonds. The highest BCUT2D eigenvalue weighted by Gasteiger charge is 2.24. The third kappa shape index (κ3) is 7.05. The summed E-state index contributed by atoms with van der Waals surface area (Å²) in [5, 5.41) is 7.14. The summed E-state index contributed by atoms with van der Waals surface area (Å²) in [7, 11) is 3.98. The van der Waals surface area contributed by atoms with Crippen LogP contribution in [-0.4, -0.2) is 36.0 Å². The molecule has 28 heavy (non-hydrogen) atoms. The van der Waals surface area contributed by atoms with Crippen molar-refractivity contribution in [2.45, 2.75) is 57.0 Å². The van der Waals surface area contributed by atoms with Crippen LogP contribution in [0.25, 0.3) is 0 Å². The van der Waals surface area contributed by atoms with E-state index in [1.165, 1.54) is 43.4 Å². The summed E-state index contributed by atoms with van der Waals surface area (Å²) in [5.74, 6) is 2.67. The van der Waals surface area contributed by atoms with E-state index in [4.69, 9.17) is 5.73 Å². The average molecular weight is 420 g/mol. The standard InChI is InChI=1S/C22H33N3OS2/c23-22(26)21-11-6-14-24-20-10-3-1-2-8-18(20)16-28-27-15-17-7-4-5-9-19(25-21)13-12-17/h4-5,7,9,12-13,18,20-21,24-25H,1-3,6,8,10-11,14-16H2,(H2,23,26)/b5-4-,7-4?,9-5?,13-12?,17-7?,17-12?,19-9-,19-13?. The smallest absolute Gasteiger partial charge is 0.239 e. The van der Waals surface area contributed by atoms with Crippen molar-refractivity contribution < 1.29 is 4.79 Å². The number of carbonyl (C=O) groups is 1. The van der Waals surface area contributed by atoms with Crippen molar-refractivity contribution in [2.75, 3.05) is 18.1 Å². The number of rotatable bonds is 1. The second-order valence-corrected chi connectivity index (χ2v) is 10.3. The van der Waals surface area contributed by atoms with Crippen molar-refractivity contribution in [3.05, 3.63) is 47.7 Å². The molecule has 4 nitrogen and oxygen atoms in total. The van der Waals surface area contributed by atoms with Gasteiger partial charge < -0.3 is 16.4 Å². The van der Waals surface area contributed by atoms with E-state index in [2.05, 4.69) is 34.9 Å². The summed E-state index contributed by atoms with van der Waals surface area (Å²) in [6, 6.07) is 0.274. The number of allylic oxidation sites excluding steroid dienone is 6. The Morgan fingerprint density at radius 1 is 1.00 bits per heavy atom. The second kappa shape index (κ2) is 11.8. The summed E-state index contributed by atoms with van der Waals surface area (Å²) in [4.78, 5) is 11.9. The first-order valence-corrected chi connectivity index (χ1v) is 13.0. The van der Waals surface area contributed by atoms with Gasteiger partial charge >= 0.3 is 0 Å². The van der Waals surface area contributed by atoms with Gasteiger partial charge in [0.15, 0.2) is 0 Å². The van der Waals surface area contributed by atoms with Crippen LogP contribution in [0.2, 0.25) is 0 Å². The van der Waals surface area contributed by atoms with Gasteiger partial charge in [-0.3, -0.25) is 4.79 Å². The van der Waals surface area contributed by atoms with Gasteiger partial charge in [0.1, 0.15) is 6.04 Å². The highest BCUT2D eigenvalue weighted by molar-refractivity contribution is 8.76. The van der Waals surface area contributed by atoms with Gasteiger partial charge in [0.2, 0.25) is 5.91 Å². The largest absolute Gasteiger partial charge is 0.374 e. The number of amides is 1. The molecule has 2 aliphatic carbocycles. The lowest BCUT2D eigenvalue weighted by Gasteiger charge is -2.26. The quantitative estimate of drug-likeness (QED) is 0.559. The Balaban J connectivity index is 1.71. The third-order valence-electron chi connectivity index (χ3n) is 5.68. The Kier molecular flexibility index (Phi) is 9.09. The molecule has 1 fully saturated rings. The number of nitrogens with two attached hydrogens (primary N) is 1. The molecule has 4 N–H and O–H groups in total. The van der Waals surface area contributed by atoms with Crippen LogP contribution >= 0.6 is 21.6 Å². The monoisotopic (exact) mass is 419 g/mol. The summed E-state index contributed by atoms with van der Waals surface area (Å²) < 4.78 is 0. The zero-order valence-corrected chi connectivity index (χ0v) is 18.2. The SMILES string of the molecule is NC(=O)C1CCCNC2CCCCCC2CSSCC2=C/C=C\C=C(\C=C2)N1. The van der Waals surface area contributed by atoms with Gasteiger partial charge in [-0.25, -0.2) is 0 Å². The Morgan fingerprint density at radius 3 is 2.75 bits per heavy atom. The van der Waals surface area contributed by atoms with E-state index in [0.717, 1.165) is 36.8 Å². The van der Waals surface area contributed by atoms with Crippen LogP contribution in [-0.2, 0) is 4.79 Å². The zero-order chi connectivity index (χ0) is 19.6. The van der Waals surface area contributed by atoms with Crippen LogP contribution in [0.15, 0.2) is 47.7 Å². The van der Waals surface area contributed by atoms with Crippen molar-refractivity contribution in [2.24, 2.45) is 11.7 Å². The van der Waals surface area contributed by atoms with E-state index in [1.807, 2.05) is 33.7 Å². The van der Waals surface area contributed by atoms with Crippen LogP contribution < -0.4 is 16.4 Å². The fourth-order valence-corrected chi connectivity index (χ4v) is 6.57. The number of carbonyl (C=O) groups excluding carboxylic acids is 1. The maximum atomic E-state index is 11.9. The molecule has 6 heteroatoms. The van der Waals surface area contributed by atoms with Gasteiger partial charge in [0, 0.05) is 23.2 Å². The minimum atomic E-state index is -0.333. The van der Waals surface area contributed by atoms with Gasteiger partial charge in [0.25, 0.3) is 0 Å². The number of hydrogen-bond donors (Lipinski definition) is 3. The van der Waals surface area contributed by atoms with E-state index >= 15 is 0 Å². The summed E-state index contributed by atoms with van der Waals surface area (Å²) in [5.41, 5.74) is 7.90.